The van der Waals surface area contributed by atoms with Crippen molar-refractivity contribution in [1.82, 2.24) is 10.3 Å². The van der Waals surface area contributed by atoms with Crippen molar-refractivity contribution in [3.8, 4) is 0 Å². The summed E-state index contributed by atoms with van der Waals surface area (Å²) in [6.07, 6.45) is 7.45. The first-order valence-electron chi connectivity index (χ1n) is 7.58. The van der Waals surface area contributed by atoms with Gasteiger partial charge in [-0.05, 0) is 44.4 Å². The lowest BCUT2D eigenvalue weighted by atomic mass is 10.0. The number of anilines is 2. The molecule has 2 aliphatic heterocycles. The van der Waals surface area contributed by atoms with Crippen LogP contribution in [0.2, 0.25) is 0 Å². The van der Waals surface area contributed by atoms with Crippen molar-refractivity contribution in [1.29, 1.82) is 0 Å². The maximum atomic E-state index is 12.1. The summed E-state index contributed by atoms with van der Waals surface area (Å²) in [5.74, 6) is 1.07. The smallest absolute Gasteiger partial charge is 0.241 e. The van der Waals surface area contributed by atoms with Crippen molar-refractivity contribution in [3.63, 3.8) is 0 Å². The molecule has 5 nitrogen and oxygen atoms in total. The van der Waals surface area contributed by atoms with Gasteiger partial charge in [0.1, 0.15) is 5.82 Å². The Morgan fingerprint density at radius 2 is 1.95 bits per heavy atom. The highest BCUT2D eigenvalue weighted by Crippen LogP contribution is 2.19. The number of carbonyl (C=O) groups is 1. The Labute approximate surface area is 144 Å². The largest absolute Gasteiger partial charge is 0.357 e. The topological polar surface area (TPSA) is 57.3 Å². The number of rotatable bonds is 3. The van der Waals surface area contributed by atoms with Crippen LogP contribution in [0.4, 0.5) is 11.5 Å². The van der Waals surface area contributed by atoms with Gasteiger partial charge >= 0.3 is 0 Å². The average Bonchev–Trinajstić information content (AvgIpc) is 3.03. The summed E-state index contributed by atoms with van der Waals surface area (Å²) in [6.45, 7) is 3.11. The van der Waals surface area contributed by atoms with Crippen molar-refractivity contribution in [2.24, 2.45) is 0 Å². The average molecular weight is 347 g/mol. The minimum absolute atomic E-state index is 0. The van der Waals surface area contributed by atoms with Gasteiger partial charge < -0.3 is 15.5 Å². The van der Waals surface area contributed by atoms with E-state index in [9.17, 15) is 4.79 Å². The fourth-order valence-corrected chi connectivity index (χ4v) is 2.90. The highest BCUT2D eigenvalue weighted by Gasteiger charge is 2.20. The molecule has 124 valence electrons. The molecule has 2 saturated heterocycles. The summed E-state index contributed by atoms with van der Waals surface area (Å²) in [6, 6.07) is 3.89. The lowest BCUT2D eigenvalue weighted by Gasteiger charge is -2.22. The monoisotopic (exact) mass is 346 g/mol. The third kappa shape index (κ3) is 4.73. The van der Waals surface area contributed by atoms with E-state index in [1.807, 2.05) is 12.1 Å². The molecule has 0 radical (unpaired) electrons. The van der Waals surface area contributed by atoms with Crippen LogP contribution in [0.3, 0.4) is 0 Å². The van der Waals surface area contributed by atoms with Crippen molar-refractivity contribution in [3.05, 3.63) is 18.3 Å². The second kappa shape index (κ2) is 9.18. The van der Waals surface area contributed by atoms with Gasteiger partial charge in [0.2, 0.25) is 5.91 Å². The highest BCUT2D eigenvalue weighted by atomic mass is 35.5. The summed E-state index contributed by atoms with van der Waals surface area (Å²) in [4.78, 5) is 18.8. The second-order valence-electron chi connectivity index (χ2n) is 5.59. The molecule has 2 N–H and O–H groups in total. The van der Waals surface area contributed by atoms with E-state index in [0.29, 0.717) is 0 Å². The molecular weight excluding hydrogens is 323 g/mol. The summed E-state index contributed by atoms with van der Waals surface area (Å²) in [5.41, 5.74) is 0.783. The number of nitrogens with zero attached hydrogens (tertiary/aromatic N) is 2. The number of aromatic nitrogens is 1. The van der Waals surface area contributed by atoms with Gasteiger partial charge in [0.25, 0.3) is 0 Å². The molecule has 0 spiro atoms. The predicted octanol–water partition coefficient (Wildman–Crippen LogP) is 2.61. The Morgan fingerprint density at radius 1 is 1.18 bits per heavy atom. The molecule has 0 aliphatic carbocycles. The molecule has 2 aliphatic rings. The number of piperidine rings is 1. The van der Waals surface area contributed by atoms with Crippen LogP contribution < -0.4 is 15.5 Å². The number of hydrogen-bond acceptors (Lipinski definition) is 4. The van der Waals surface area contributed by atoms with Gasteiger partial charge in [0.15, 0.2) is 0 Å². The number of hydrogen-bond donors (Lipinski definition) is 2. The Kier molecular flexibility index (Phi) is 7.93. The fraction of sp³-hybridized carbons (Fsp3) is 0.600. The molecule has 2 fully saturated rings. The minimum atomic E-state index is -0.0537. The van der Waals surface area contributed by atoms with E-state index in [1.54, 1.807) is 6.20 Å². The van der Waals surface area contributed by atoms with Crippen LogP contribution in [-0.2, 0) is 4.79 Å². The molecule has 7 heteroatoms. The SMILES string of the molecule is Cl.Cl.O=C(Nc1ccc(N2CCCC2)nc1)[C@@H]1CCCCN1. The minimum Gasteiger partial charge on any atom is -0.357 e. The van der Waals surface area contributed by atoms with Crippen molar-refractivity contribution >= 4 is 42.2 Å². The zero-order chi connectivity index (χ0) is 13.8. The molecule has 1 atom stereocenters. The molecule has 0 saturated carbocycles. The van der Waals surface area contributed by atoms with Crippen LogP contribution in [0.5, 0.6) is 0 Å². The molecule has 1 aromatic heterocycles. The van der Waals surface area contributed by atoms with E-state index in [4.69, 9.17) is 0 Å². The van der Waals surface area contributed by atoms with Gasteiger partial charge in [-0.15, -0.1) is 24.8 Å². The third-order valence-corrected chi connectivity index (χ3v) is 4.07. The zero-order valence-corrected chi connectivity index (χ0v) is 14.2. The molecular formula is C15H24Cl2N4O. The zero-order valence-electron chi connectivity index (χ0n) is 12.6. The molecule has 0 aromatic carbocycles. The van der Waals surface area contributed by atoms with Crippen molar-refractivity contribution in [2.45, 2.75) is 38.1 Å². The van der Waals surface area contributed by atoms with Crippen molar-refractivity contribution < 1.29 is 4.79 Å². The molecule has 3 heterocycles. The van der Waals surface area contributed by atoms with Crippen LogP contribution >= 0.6 is 24.8 Å². The second-order valence-corrected chi connectivity index (χ2v) is 5.59. The standard InChI is InChI=1S/C15H22N4O.2ClH/c20-15(13-5-1-2-8-16-13)18-12-6-7-14(17-11-12)19-9-3-4-10-19;;/h6-7,11,13,16H,1-5,8-10H2,(H,18,20);2*1H/t13-;;/m0../s1. The van der Waals surface area contributed by atoms with Gasteiger partial charge in [-0.2, -0.15) is 0 Å². The molecule has 22 heavy (non-hydrogen) atoms. The summed E-state index contributed by atoms with van der Waals surface area (Å²) >= 11 is 0. The first-order valence-corrected chi connectivity index (χ1v) is 7.58. The van der Waals surface area contributed by atoms with Gasteiger partial charge in [-0.25, -0.2) is 4.98 Å². The number of carbonyl (C=O) groups excluding carboxylic acids is 1. The molecule has 1 amide bonds. The van der Waals surface area contributed by atoms with Crippen molar-refractivity contribution in [2.75, 3.05) is 29.9 Å². The summed E-state index contributed by atoms with van der Waals surface area (Å²) in [7, 11) is 0. The first-order chi connectivity index (χ1) is 9.83. The van der Waals surface area contributed by atoms with Crippen LogP contribution in [0.1, 0.15) is 32.1 Å². The highest BCUT2D eigenvalue weighted by molar-refractivity contribution is 5.94. The van der Waals surface area contributed by atoms with E-state index in [1.165, 1.54) is 12.8 Å². The van der Waals surface area contributed by atoms with Gasteiger partial charge in [0.05, 0.1) is 17.9 Å². The molecule has 0 bridgehead atoms. The number of nitrogens with one attached hydrogen (secondary N) is 2. The van der Waals surface area contributed by atoms with E-state index in [2.05, 4.69) is 20.5 Å². The predicted molar refractivity (Wildman–Crippen MR) is 94.5 cm³/mol. The fourth-order valence-electron chi connectivity index (χ4n) is 2.90. The summed E-state index contributed by atoms with van der Waals surface area (Å²) in [5, 5.41) is 6.20. The van der Waals surface area contributed by atoms with E-state index < -0.39 is 0 Å². The normalized spacial score (nSPS) is 20.7. The Morgan fingerprint density at radius 3 is 2.55 bits per heavy atom. The number of halogens is 2. The lowest BCUT2D eigenvalue weighted by Crippen LogP contribution is -2.43. The lowest BCUT2D eigenvalue weighted by molar-refractivity contribution is -0.118. The maximum absolute atomic E-state index is 12.1. The third-order valence-electron chi connectivity index (χ3n) is 4.07. The molecule has 1 aromatic rings. The Bertz CT molecular complexity index is 457. The number of pyridine rings is 1. The van der Waals surface area contributed by atoms with E-state index >= 15 is 0 Å². The van der Waals surface area contributed by atoms with Crippen LogP contribution in [0, 0.1) is 0 Å². The van der Waals surface area contributed by atoms with Crippen LogP contribution in [0.25, 0.3) is 0 Å². The van der Waals surface area contributed by atoms with E-state index in [0.717, 1.165) is 50.4 Å². The van der Waals surface area contributed by atoms with Crippen LogP contribution in [0.15, 0.2) is 18.3 Å². The van der Waals surface area contributed by atoms with Gasteiger partial charge in [-0.1, -0.05) is 6.42 Å². The molecule has 3 rings (SSSR count). The first kappa shape index (κ1) is 19.0. The maximum Gasteiger partial charge on any atom is 0.241 e. The Hall–Kier alpha value is -1.04. The molecule has 0 unspecified atom stereocenters. The Balaban J connectivity index is 0.00000121. The summed E-state index contributed by atoms with van der Waals surface area (Å²) < 4.78 is 0. The number of amides is 1. The van der Waals surface area contributed by atoms with E-state index in [-0.39, 0.29) is 36.8 Å². The quantitative estimate of drug-likeness (QED) is 0.883. The van der Waals surface area contributed by atoms with Gasteiger partial charge in [0, 0.05) is 13.1 Å². The van der Waals surface area contributed by atoms with Gasteiger partial charge in [-0.3, -0.25) is 4.79 Å². The van der Waals surface area contributed by atoms with Crippen LogP contribution in [-0.4, -0.2) is 36.6 Å².